The van der Waals surface area contributed by atoms with Gasteiger partial charge in [0.15, 0.2) is 17.3 Å². The number of phenols is 2. The van der Waals surface area contributed by atoms with E-state index in [2.05, 4.69) is 12.2 Å². The van der Waals surface area contributed by atoms with Gasteiger partial charge in [0, 0.05) is 29.6 Å². The van der Waals surface area contributed by atoms with E-state index in [0.717, 1.165) is 13.0 Å². The molecule has 4 aliphatic carbocycles. The molecule has 1 heterocycles. The van der Waals surface area contributed by atoms with E-state index < -0.39 is 70.3 Å². The fourth-order valence-electron chi connectivity index (χ4n) is 11.0. The molecule has 0 unspecified atom stereocenters. The van der Waals surface area contributed by atoms with E-state index in [-0.39, 0.29) is 47.9 Å². The topological polar surface area (TPSA) is 180 Å². The van der Waals surface area contributed by atoms with E-state index in [4.69, 9.17) is 4.74 Å². The minimum Gasteiger partial charge on any atom is -0.504 e. The maximum absolute atomic E-state index is 14.2. The summed E-state index contributed by atoms with van der Waals surface area (Å²) in [5.74, 6) is -3.24. The number of rotatable bonds is 7. The fraction of sp³-hybridized carbons (Fsp3) is 0.750. The molecule has 10 heteroatoms. The maximum atomic E-state index is 14.2. The normalized spacial score (nSPS) is 46.8. The van der Waals surface area contributed by atoms with Crippen LogP contribution in [0.2, 0.25) is 0 Å². The average molecular weight is 644 g/mol. The van der Waals surface area contributed by atoms with Crippen molar-refractivity contribution in [2.45, 2.75) is 114 Å². The molecule has 0 aromatic heterocycles. The molecule has 1 aromatic carbocycles. The van der Waals surface area contributed by atoms with E-state index in [1.165, 1.54) is 12.1 Å². The van der Waals surface area contributed by atoms with Crippen molar-refractivity contribution in [3.05, 3.63) is 35.4 Å². The molecular weight excluding hydrogens is 590 g/mol. The Bertz CT molecular complexity index is 1400. The molecular formula is C36H53NO9. The highest BCUT2D eigenvalue weighted by atomic mass is 16.5. The van der Waals surface area contributed by atoms with Crippen LogP contribution in [0.15, 0.2) is 29.8 Å². The molecule has 0 radical (unpaired) electrons. The van der Waals surface area contributed by atoms with E-state index in [0.29, 0.717) is 24.0 Å². The van der Waals surface area contributed by atoms with Gasteiger partial charge >= 0.3 is 0 Å². The number of allylic oxidation sites excluding steroid dienone is 1. The lowest BCUT2D eigenvalue weighted by Gasteiger charge is -2.61. The number of carbonyl (C=O) groups excluding carboxylic acids is 1. The number of hydrogen-bond donors (Lipinski definition) is 8. The first kappa shape index (κ1) is 33.8. The first-order chi connectivity index (χ1) is 21.4. The highest BCUT2D eigenvalue weighted by Gasteiger charge is 2.75. The van der Waals surface area contributed by atoms with Crippen molar-refractivity contribution in [1.82, 2.24) is 5.32 Å². The number of ether oxygens (including phenoxy) is 1. The van der Waals surface area contributed by atoms with Gasteiger partial charge in [-0.1, -0.05) is 33.8 Å². The minimum absolute atomic E-state index is 0.127. The number of aliphatic hydroxyl groups excluding tert-OH is 3. The molecule has 15 atom stereocenters. The summed E-state index contributed by atoms with van der Waals surface area (Å²) in [6.45, 7) is 10.5. The predicted molar refractivity (Wildman–Crippen MR) is 170 cm³/mol. The van der Waals surface area contributed by atoms with Crippen molar-refractivity contribution in [3.8, 4) is 11.5 Å². The first-order valence-corrected chi connectivity index (χ1v) is 17.0. The maximum Gasteiger partial charge on any atom is 0.160 e. The summed E-state index contributed by atoms with van der Waals surface area (Å²) in [7, 11) is 1.89. The van der Waals surface area contributed by atoms with Crippen LogP contribution < -0.4 is 5.32 Å². The van der Waals surface area contributed by atoms with Gasteiger partial charge < -0.3 is 45.8 Å². The van der Waals surface area contributed by atoms with Crippen LogP contribution in [0.5, 0.6) is 11.5 Å². The smallest absolute Gasteiger partial charge is 0.160 e. The Balaban J connectivity index is 1.34. The van der Waals surface area contributed by atoms with Crippen LogP contribution in [0.4, 0.5) is 0 Å². The molecule has 256 valence electrons. The Morgan fingerprint density at radius 3 is 2.41 bits per heavy atom. The zero-order valence-electron chi connectivity index (χ0n) is 27.8. The Hall–Kier alpha value is -2.05. The minimum atomic E-state index is -1.46. The van der Waals surface area contributed by atoms with Gasteiger partial charge in [-0.2, -0.15) is 0 Å². The standard InChI is InChI=1S/C36H53NO9/c1-17(10-12-37-6)18(2)29(42)32-35(5,44)31-26(46-32)16-36(45)21-14-24(40)28-27(19-7-8-22(38)23(39)13-19)30(43)25(41)15-33(28,3)20(21)9-11-34(31,36)4/h7-8,13-14,17-18,20,25-32,37-39,41-45H,9-12,15-16H2,1-6H3/t17-,18+,20-,25+,26+,27+,28+,29+,30+,31-,32-,33-,34-,35-,36+/m1/s1. The van der Waals surface area contributed by atoms with Gasteiger partial charge in [-0.15, -0.1) is 0 Å². The average Bonchev–Trinajstić information content (AvgIpc) is 3.40. The fourth-order valence-corrected chi connectivity index (χ4v) is 11.0. The lowest BCUT2D eigenvalue weighted by Crippen LogP contribution is -2.64. The molecule has 6 rings (SSSR count). The van der Waals surface area contributed by atoms with Crippen molar-refractivity contribution in [2.75, 3.05) is 13.6 Å². The van der Waals surface area contributed by atoms with Crippen LogP contribution in [-0.2, 0) is 9.53 Å². The summed E-state index contributed by atoms with van der Waals surface area (Å²) in [6, 6.07) is 4.21. The molecule has 4 fully saturated rings. The molecule has 10 nitrogen and oxygen atoms in total. The number of carbonyl (C=O) groups is 1. The molecule has 1 saturated heterocycles. The van der Waals surface area contributed by atoms with E-state index in [1.807, 2.05) is 27.8 Å². The molecule has 1 aromatic rings. The SMILES string of the molecule is CNCC[C@@H](C)[C@H](C)[C@H](O)[C@H]1O[C@H]2C[C@]3(O)C4=CC(=O)[C@H]5[C@H](c6ccc(O)c(O)c6)[C@@H](O)[C@@H](O)C[C@]5(C)[C@@H]4CC[C@]3(C)[C@@H]2[C@@]1(C)O. The summed E-state index contributed by atoms with van der Waals surface area (Å²) in [6.07, 6.45) is -0.810. The predicted octanol–water partition coefficient (Wildman–Crippen LogP) is 2.37. The lowest BCUT2D eigenvalue weighted by molar-refractivity contribution is -0.177. The van der Waals surface area contributed by atoms with Crippen molar-refractivity contribution in [2.24, 2.45) is 40.4 Å². The number of aliphatic hydroxyl groups is 5. The number of aromatic hydroxyl groups is 2. The largest absolute Gasteiger partial charge is 0.504 e. The molecule has 46 heavy (non-hydrogen) atoms. The van der Waals surface area contributed by atoms with Crippen molar-refractivity contribution in [1.29, 1.82) is 0 Å². The van der Waals surface area contributed by atoms with Crippen molar-refractivity contribution < 1.29 is 45.3 Å². The van der Waals surface area contributed by atoms with E-state index >= 15 is 0 Å². The Morgan fingerprint density at radius 2 is 1.76 bits per heavy atom. The molecule has 5 aliphatic rings. The highest BCUT2D eigenvalue weighted by molar-refractivity contribution is 5.96. The second-order valence-electron chi connectivity index (χ2n) is 16.1. The third kappa shape index (κ3) is 4.58. The zero-order valence-corrected chi connectivity index (χ0v) is 27.8. The third-order valence-electron chi connectivity index (χ3n) is 13.7. The van der Waals surface area contributed by atoms with Crippen LogP contribution in [0, 0.1) is 40.4 Å². The Kier molecular flexibility index (Phi) is 8.28. The molecule has 8 N–H and O–H groups in total. The number of benzene rings is 1. The lowest BCUT2D eigenvalue weighted by atomic mass is 9.44. The quantitative estimate of drug-likeness (QED) is 0.206. The van der Waals surface area contributed by atoms with Gasteiger partial charge in [0.05, 0.1) is 35.6 Å². The number of hydrogen-bond acceptors (Lipinski definition) is 10. The third-order valence-corrected chi connectivity index (χ3v) is 13.7. The second kappa shape index (κ2) is 11.3. The van der Waals surface area contributed by atoms with Gasteiger partial charge in [-0.25, -0.2) is 0 Å². The number of phenolic OH excluding ortho intramolecular Hbond substituents is 2. The molecule has 3 saturated carbocycles. The van der Waals surface area contributed by atoms with Crippen molar-refractivity contribution in [3.63, 3.8) is 0 Å². The van der Waals surface area contributed by atoms with Crippen LogP contribution in [0.25, 0.3) is 0 Å². The van der Waals surface area contributed by atoms with Crippen LogP contribution in [-0.4, -0.2) is 96.8 Å². The van der Waals surface area contributed by atoms with Crippen LogP contribution >= 0.6 is 0 Å². The number of nitrogens with one attached hydrogen (secondary N) is 1. The summed E-state index contributed by atoms with van der Waals surface area (Å²) in [5.41, 5.74) is -3.53. The van der Waals surface area contributed by atoms with Gasteiger partial charge in [0.25, 0.3) is 0 Å². The zero-order chi connectivity index (χ0) is 33.7. The number of fused-ring (bicyclic) bond motifs is 7. The van der Waals surface area contributed by atoms with Gasteiger partial charge in [-0.05, 0) is 98.7 Å². The summed E-state index contributed by atoms with van der Waals surface area (Å²) < 4.78 is 6.52. The van der Waals surface area contributed by atoms with E-state index in [9.17, 15) is 40.5 Å². The molecule has 0 bridgehead atoms. The van der Waals surface area contributed by atoms with Crippen LogP contribution in [0.1, 0.15) is 78.2 Å². The molecule has 0 spiro atoms. The van der Waals surface area contributed by atoms with E-state index in [1.54, 1.807) is 19.1 Å². The first-order valence-electron chi connectivity index (χ1n) is 17.0. The number of ketones is 1. The summed E-state index contributed by atoms with van der Waals surface area (Å²) in [5, 5.41) is 82.2. The molecule has 0 amide bonds. The highest BCUT2D eigenvalue weighted by Crippen LogP contribution is 2.71. The summed E-state index contributed by atoms with van der Waals surface area (Å²) in [4.78, 5) is 14.2. The van der Waals surface area contributed by atoms with Crippen LogP contribution in [0.3, 0.4) is 0 Å². The van der Waals surface area contributed by atoms with Crippen molar-refractivity contribution >= 4 is 5.78 Å². The Morgan fingerprint density at radius 1 is 1.07 bits per heavy atom. The molecule has 1 aliphatic heterocycles. The Labute approximate surface area is 271 Å². The van der Waals surface area contributed by atoms with Gasteiger partial charge in [0.1, 0.15) is 6.10 Å². The van der Waals surface area contributed by atoms with Gasteiger partial charge in [0.2, 0.25) is 0 Å². The monoisotopic (exact) mass is 643 g/mol. The van der Waals surface area contributed by atoms with Gasteiger partial charge in [-0.3, -0.25) is 4.79 Å². The second-order valence-corrected chi connectivity index (χ2v) is 16.1. The summed E-state index contributed by atoms with van der Waals surface area (Å²) >= 11 is 0.